The van der Waals surface area contributed by atoms with Crippen LogP contribution in [-0.2, 0) is 4.74 Å². The van der Waals surface area contributed by atoms with Crippen molar-refractivity contribution in [2.24, 2.45) is 0 Å². The Morgan fingerprint density at radius 1 is 1.44 bits per heavy atom. The van der Waals surface area contributed by atoms with Crippen LogP contribution in [0.4, 0.5) is 0 Å². The molecular formula is C7H15ClO. The first kappa shape index (κ1) is 9.25. The molecule has 0 spiro atoms. The Hall–Kier alpha value is 0.250. The van der Waals surface area contributed by atoms with Crippen LogP contribution in [0.2, 0.25) is 0 Å². The Balaban J connectivity index is 3.33. The van der Waals surface area contributed by atoms with Gasteiger partial charge in [0.25, 0.3) is 0 Å². The first-order valence-electron chi connectivity index (χ1n) is 3.32. The molecule has 56 valence electrons. The van der Waals surface area contributed by atoms with Gasteiger partial charge in [-0.2, -0.15) is 0 Å². The third-order valence-electron chi connectivity index (χ3n) is 1.42. The molecule has 0 radical (unpaired) electrons. The van der Waals surface area contributed by atoms with Crippen LogP contribution in [-0.4, -0.2) is 18.1 Å². The molecule has 0 saturated carbocycles. The number of hydrogen-bond acceptors (Lipinski definition) is 1. The smallest absolute Gasteiger partial charge is 0.0624 e. The van der Waals surface area contributed by atoms with Crippen LogP contribution in [0.1, 0.15) is 27.2 Å². The molecule has 0 unspecified atom stereocenters. The molecule has 0 amide bonds. The van der Waals surface area contributed by atoms with Gasteiger partial charge in [0.15, 0.2) is 0 Å². The average molecular weight is 151 g/mol. The summed E-state index contributed by atoms with van der Waals surface area (Å²) in [4.78, 5) is 0. The van der Waals surface area contributed by atoms with E-state index in [0.29, 0.717) is 12.5 Å². The lowest BCUT2D eigenvalue weighted by Crippen LogP contribution is -2.23. The number of halogens is 1. The van der Waals surface area contributed by atoms with E-state index < -0.39 is 0 Å². The van der Waals surface area contributed by atoms with E-state index in [1.54, 1.807) is 0 Å². The minimum atomic E-state index is 0.00882. The Morgan fingerprint density at radius 3 is 2.33 bits per heavy atom. The molecule has 0 aromatic carbocycles. The fourth-order valence-corrected chi connectivity index (χ4v) is 0.494. The largest absolute Gasteiger partial charge is 0.374 e. The van der Waals surface area contributed by atoms with Crippen molar-refractivity contribution in [1.29, 1.82) is 0 Å². The van der Waals surface area contributed by atoms with Gasteiger partial charge in [-0.15, -0.1) is 11.6 Å². The van der Waals surface area contributed by atoms with E-state index in [0.717, 1.165) is 6.42 Å². The molecule has 0 aromatic heterocycles. The Kier molecular flexibility index (Phi) is 4.24. The van der Waals surface area contributed by atoms with Crippen molar-refractivity contribution >= 4 is 11.6 Å². The van der Waals surface area contributed by atoms with Gasteiger partial charge < -0.3 is 4.74 Å². The molecule has 0 fully saturated rings. The molecule has 0 saturated heterocycles. The molecule has 0 aliphatic rings. The second-order valence-corrected chi connectivity index (χ2v) is 3.03. The summed E-state index contributed by atoms with van der Waals surface area (Å²) in [5.74, 6) is 0.587. The lowest BCUT2D eigenvalue weighted by molar-refractivity contribution is -0.0113. The van der Waals surface area contributed by atoms with Crippen LogP contribution in [0.3, 0.4) is 0 Å². The highest BCUT2D eigenvalue weighted by molar-refractivity contribution is 6.17. The van der Waals surface area contributed by atoms with Gasteiger partial charge in [-0.1, -0.05) is 6.92 Å². The standard InChI is InChI=1S/C7H15ClO/c1-4-7(2,3)9-6-5-8/h4-6H2,1-3H3. The maximum atomic E-state index is 5.44. The van der Waals surface area contributed by atoms with Crippen LogP contribution >= 0.6 is 11.6 Å². The summed E-state index contributed by atoms with van der Waals surface area (Å²) in [5.41, 5.74) is 0.00882. The Morgan fingerprint density at radius 2 is 2.00 bits per heavy atom. The fraction of sp³-hybridized carbons (Fsp3) is 1.00. The molecule has 0 heterocycles. The molecule has 0 aliphatic heterocycles. The van der Waals surface area contributed by atoms with Crippen LogP contribution in [0.5, 0.6) is 0 Å². The fourth-order valence-electron chi connectivity index (χ4n) is 0.417. The van der Waals surface area contributed by atoms with Crippen molar-refractivity contribution in [3.63, 3.8) is 0 Å². The number of alkyl halides is 1. The van der Waals surface area contributed by atoms with E-state index in [2.05, 4.69) is 20.8 Å². The van der Waals surface area contributed by atoms with Crippen molar-refractivity contribution in [1.82, 2.24) is 0 Å². The molecule has 0 N–H and O–H groups in total. The van der Waals surface area contributed by atoms with E-state index in [-0.39, 0.29) is 5.60 Å². The van der Waals surface area contributed by atoms with Crippen molar-refractivity contribution < 1.29 is 4.74 Å². The average Bonchev–Trinajstić information content (AvgIpc) is 1.84. The van der Waals surface area contributed by atoms with E-state index in [4.69, 9.17) is 16.3 Å². The van der Waals surface area contributed by atoms with Gasteiger partial charge in [-0.3, -0.25) is 0 Å². The summed E-state index contributed by atoms with van der Waals surface area (Å²) in [6.07, 6.45) is 1.03. The third kappa shape index (κ3) is 4.73. The summed E-state index contributed by atoms with van der Waals surface area (Å²) in [7, 11) is 0. The first-order valence-corrected chi connectivity index (χ1v) is 3.86. The van der Waals surface area contributed by atoms with Gasteiger partial charge in [0.1, 0.15) is 0 Å². The summed E-state index contributed by atoms with van der Waals surface area (Å²) in [6, 6.07) is 0. The number of rotatable bonds is 4. The molecule has 0 aliphatic carbocycles. The zero-order chi connectivity index (χ0) is 7.33. The minimum Gasteiger partial charge on any atom is -0.374 e. The topological polar surface area (TPSA) is 9.23 Å². The second kappa shape index (κ2) is 4.13. The van der Waals surface area contributed by atoms with E-state index in [1.165, 1.54) is 0 Å². The van der Waals surface area contributed by atoms with Crippen LogP contribution in [0, 0.1) is 0 Å². The molecule has 9 heavy (non-hydrogen) atoms. The second-order valence-electron chi connectivity index (χ2n) is 2.65. The van der Waals surface area contributed by atoms with Crippen molar-refractivity contribution in [3.8, 4) is 0 Å². The quantitative estimate of drug-likeness (QED) is 0.560. The normalized spacial score (nSPS) is 12.0. The highest BCUT2D eigenvalue weighted by Gasteiger charge is 2.13. The summed E-state index contributed by atoms with van der Waals surface area (Å²) >= 11 is 5.44. The zero-order valence-corrected chi connectivity index (χ0v) is 7.16. The van der Waals surface area contributed by atoms with Gasteiger partial charge in [0.2, 0.25) is 0 Å². The number of ether oxygens (including phenoxy) is 1. The van der Waals surface area contributed by atoms with Gasteiger partial charge in [-0.05, 0) is 20.3 Å². The summed E-state index contributed by atoms with van der Waals surface area (Å²) in [5, 5.41) is 0. The van der Waals surface area contributed by atoms with Crippen molar-refractivity contribution in [3.05, 3.63) is 0 Å². The highest BCUT2D eigenvalue weighted by atomic mass is 35.5. The maximum Gasteiger partial charge on any atom is 0.0624 e. The predicted molar refractivity (Wildman–Crippen MR) is 41.0 cm³/mol. The molecule has 2 heteroatoms. The summed E-state index contributed by atoms with van der Waals surface area (Å²) in [6.45, 7) is 6.90. The summed E-state index contributed by atoms with van der Waals surface area (Å²) < 4.78 is 5.40. The molecular weight excluding hydrogens is 136 g/mol. The highest BCUT2D eigenvalue weighted by Crippen LogP contribution is 2.12. The van der Waals surface area contributed by atoms with Crippen molar-refractivity contribution in [2.45, 2.75) is 32.8 Å². The van der Waals surface area contributed by atoms with E-state index in [1.807, 2.05) is 0 Å². The maximum absolute atomic E-state index is 5.44. The van der Waals surface area contributed by atoms with E-state index >= 15 is 0 Å². The molecule has 0 aromatic rings. The van der Waals surface area contributed by atoms with Gasteiger partial charge in [0, 0.05) is 5.88 Å². The number of hydrogen-bond donors (Lipinski definition) is 0. The third-order valence-corrected chi connectivity index (χ3v) is 1.58. The Bertz CT molecular complexity index is 71.3. The molecule has 1 nitrogen and oxygen atoms in total. The van der Waals surface area contributed by atoms with Gasteiger partial charge >= 0.3 is 0 Å². The van der Waals surface area contributed by atoms with Crippen LogP contribution < -0.4 is 0 Å². The Labute approximate surface area is 62.3 Å². The molecule has 0 atom stereocenters. The van der Waals surface area contributed by atoms with Gasteiger partial charge in [-0.25, -0.2) is 0 Å². The lowest BCUT2D eigenvalue weighted by atomic mass is 10.1. The van der Waals surface area contributed by atoms with Crippen molar-refractivity contribution in [2.75, 3.05) is 12.5 Å². The first-order chi connectivity index (χ1) is 4.12. The SMILES string of the molecule is CCC(C)(C)OCCCl. The van der Waals surface area contributed by atoms with Crippen LogP contribution in [0.15, 0.2) is 0 Å². The molecule has 0 bridgehead atoms. The lowest BCUT2D eigenvalue weighted by Gasteiger charge is -2.22. The zero-order valence-electron chi connectivity index (χ0n) is 6.41. The molecule has 0 rings (SSSR count). The van der Waals surface area contributed by atoms with Gasteiger partial charge in [0.05, 0.1) is 12.2 Å². The minimum absolute atomic E-state index is 0.00882. The monoisotopic (exact) mass is 150 g/mol. The van der Waals surface area contributed by atoms with E-state index in [9.17, 15) is 0 Å². The van der Waals surface area contributed by atoms with Crippen LogP contribution in [0.25, 0.3) is 0 Å². The predicted octanol–water partition coefficient (Wildman–Crippen LogP) is 2.43.